The fourth-order valence-electron chi connectivity index (χ4n) is 11.9. The molecule has 6 aliphatic heterocycles. The van der Waals surface area contributed by atoms with Gasteiger partial charge in [-0.2, -0.15) is 24.4 Å². The Hall–Kier alpha value is -6.25. The Kier molecular flexibility index (Phi) is 39.1. The van der Waals surface area contributed by atoms with Gasteiger partial charge in [0, 0.05) is 63.4 Å². The van der Waals surface area contributed by atoms with Crippen molar-refractivity contribution in [3.8, 4) is 0 Å². The van der Waals surface area contributed by atoms with Crippen LogP contribution in [-0.4, -0.2) is 360 Å². The largest absolute Gasteiger partial charge is 0.479 e. The minimum atomic E-state index is -2.44. The predicted molar refractivity (Wildman–Crippen MR) is 370 cm³/mol. The molecule has 10 amide bonds. The third kappa shape index (κ3) is 27.7. The lowest BCUT2D eigenvalue weighted by Crippen LogP contribution is -2.67. The SMILES string of the molecule is COO[C@H]1CC(NC(C)=O)[C@H](O[C@H]2C(C(=O)O)OC(OO[C@H]3C[C@H](NC(C)=O)[C@H](O[C@H]4C(C(=O)NNC(=O)CC(=O)NNC(=O)C(C)C)OC(OO[C@H]5C[C@H](NC(C)=O)[C@H](O[C@H]6C(C(=O)NNC(=O)CC(=O)NNC(O)C(C)CSCC(O)C(O)CS)OC(C)C(O)C6O)O[C@H]5CO)C(O)[C@H]4O)O[C@H]3CO)C(O)C2O)O[C@H]1CO. The van der Waals surface area contributed by atoms with Crippen molar-refractivity contribution in [1.82, 2.24) is 59.4 Å². The highest BCUT2D eigenvalue weighted by atomic mass is 32.2. The van der Waals surface area contributed by atoms with E-state index < -0.39 is 306 Å². The molecule has 0 radical (unpaired) electrons. The number of hydrogen-bond donors (Lipinski definition) is 25. The number of rotatable bonds is 37. The number of aliphatic hydroxyl groups excluding tert-OH is 12. The Labute approximate surface area is 658 Å². The Morgan fingerprint density at radius 1 is 0.465 bits per heavy atom. The van der Waals surface area contributed by atoms with Crippen LogP contribution in [0.1, 0.15) is 80.6 Å². The average Bonchev–Trinajstić information content (AvgIpc) is 0.798. The molecule has 0 saturated carbocycles. The first-order valence-electron chi connectivity index (χ1n) is 35.6. The molecule has 652 valence electrons. The second kappa shape index (κ2) is 46.2. The zero-order valence-electron chi connectivity index (χ0n) is 62.5. The summed E-state index contributed by atoms with van der Waals surface area (Å²) in [6.07, 6.45) is -52.8. The van der Waals surface area contributed by atoms with Crippen LogP contribution in [0.2, 0.25) is 0 Å². The molecule has 50 nitrogen and oxygen atoms in total. The van der Waals surface area contributed by atoms with Crippen LogP contribution in [0.4, 0.5) is 0 Å². The number of carboxylic acid groups (broad SMARTS) is 1. The van der Waals surface area contributed by atoms with E-state index in [1.807, 2.05) is 27.1 Å². The first-order valence-corrected chi connectivity index (χ1v) is 37.4. The molecule has 6 rings (SSSR count). The standard InChI is InChI=1S/C62H103N11O39S2/c1-20(2)53(92)70-66-37(82)12-39(84)69-73-56(95)51-48(104-59-28(65-25(7)79)11-33(36(16-76)102-59)110-112-62-46(91)44(89)49(52(107-62)57(96)97)105-60-26(63-23(5)77)9-31(108-98-8)34(14-74)100-60)43(88)45(90)61(106-51)111-109-32-10-27(64-24(6)78)58(101-35(32)15-75)103-47-42(87)41(86)22(4)99-50(47)55(94)72-68-40(85)13-38(83)67-71-54(93)21(3)18-114-19-30(81)29(80)17-113/h20-22,26-36,41-52,54,58-62,71,74-76,80-81,86-91,93,113H,9-19H2,1-8H3,(H,63,77)(H,64,78)(H,65,79)(H,66,82)(H,67,83)(H,68,85)(H,69,84)(H,70,92)(H,72,94)(H,73,95)(H,96,97)/t21?,22?,26?,27-,28-,29?,30?,31-,32-,33-,34-,35-,36-,41?,42?,43+,44?,45?,46?,47+,48+,49+,50?,51?,52?,54?,58-,59-,60-,61?,62?/m0/s1. The number of carbonyl (C=O) groups is 11. The number of thioether (sulfide) groups is 1. The van der Waals surface area contributed by atoms with Gasteiger partial charge in [0.2, 0.25) is 59.8 Å². The minimum absolute atomic E-state index is 0.0195. The topological polar surface area (TPSA) is 722 Å². The molecule has 0 aromatic heterocycles. The number of thiol groups is 1. The molecule has 52 heteroatoms. The van der Waals surface area contributed by atoms with Crippen LogP contribution in [0, 0.1) is 11.8 Å². The van der Waals surface area contributed by atoms with Gasteiger partial charge in [-0.05, 0) is 12.7 Å². The van der Waals surface area contributed by atoms with E-state index in [0.29, 0.717) is 0 Å². The Bertz CT molecular complexity index is 3180. The summed E-state index contributed by atoms with van der Waals surface area (Å²) in [6, 6.07) is -4.15. The van der Waals surface area contributed by atoms with E-state index in [1.165, 1.54) is 39.6 Å². The van der Waals surface area contributed by atoms with Gasteiger partial charge in [-0.1, -0.05) is 20.8 Å². The molecule has 6 heterocycles. The summed E-state index contributed by atoms with van der Waals surface area (Å²) in [6.45, 7) is 6.24. The van der Waals surface area contributed by atoms with Gasteiger partial charge in [0.1, 0.15) is 111 Å². The van der Waals surface area contributed by atoms with E-state index in [9.17, 15) is 119 Å². The van der Waals surface area contributed by atoms with Crippen molar-refractivity contribution in [3.63, 3.8) is 0 Å². The lowest BCUT2D eigenvalue weighted by molar-refractivity contribution is -0.460. The minimum Gasteiger partial charge on any atom is -0.479 e. The van der Waals surface area contributed by atoms with Crippen molar-refractivity contribution >= 4 is 89.4 Å². The van der Waals surface area contributed by atoms with Gasteiger partial charge in [0.25, 0.3) is 11.8 Å². The number of aliphatic carboxylic acids is 1. The van der Waals surface area contributed by atoms with Gasteiger partial charge in [0.05, 0.1) is 63.4 Å². The predicted octanol–water partition coefficient (Wildman–Crippen LogP) is -13.1. The van der Waals surface area contributed by atoms with Gasteiger partial charge >= 0.3 is 5.97 Å². The molecule has 0 aromatic carbocycles. The van der Waals surface area contributed by atoms with Crippen molar-refractivity contribution in [1.29, 1.82) is 0 Å². The number of ether oxygens (including phenoxy) is 9. The molecule has 31 atom stereocenters. The zero-order valence-corrected chi connectivity index (χ0v) is 64.2. The van der Waals surface area contributed by atoms with Crippen LogP contribution >= 0.6 is 24.4 Å². The molecular weight excluding hydrogens is 1590 g/mol. The molecule has 6 aliphatic rings. The number of carbonyl (C=O) groups excluding carboxylic acids is 10. The van der Waals surface area contributed by atoms with Crippen LogP contribution in [0.5, 0.6) is 0 Å². The summed E-state index contributed by atoms with van der Waals surface area (Å²) >= 11 is 5.12. The van der Waals surface area contributed by atoms with Gasteiger partial charge < -0.3 is 125 Å². The van der Waals surface area contributed by atoms with Crippen molar-refractivity contribution < 1.29 is 191 Å². The van der Waals surface area contributed by atoms with Crippen molar-refractivity contribution in [2.45, 2.75) is 265 Å². The average molecular weight is 1690 g/mol. The molecule has 0 bridgehead atoms. The Balaban J connectivity index is 1.15. The van der Waals surface area contributed by atoms with Crippen LogP contribution in [0.15, 0.2) is 0 Å². The maximum Gasteiger partial charge on any atom is 0.335 e. The van der Waals surface area contributed by atoms with Gasteiger partial charge in [-0.3, -0.25) is 85.9 Å². The maximum absolute atomic E-state index is 14.3. The second-order valence-corrected chi connectivity index (χ2v) is 28.8. The van der Waals surface area contributed by atoms with Crippen LogP contribution in [0.3, 0.4) is 0 Å². The molecule has 0 aromatic rings. The van der Waals surface area contributed by atoms with E-state index in [-0.39, 0.29) is 23.7 Å². The number of amides is 10. The van der Waals surface area contributed by atoms with Crippen LogP contribution < -0.4 is 59.4 Å². The number of hydrazine groups is 4. The quantitative estimate of drug-likeness (QED) is 0.00903. The fraction of sp³-hybridized carbons (Fsp3) is 0.823. The molecule has 6 saturated heterocycles. The Morgan fingerprint density at radius 2 is 0.842 bits per heavy atom. The van der Waals surface area contributed by atoms with Gasteiger partial charge in [-0.25, -0.2) is 39.5 Å². The number of aliphatic hydroxyl groups is 12. The molecule has 0 spiro atoms. The monoisotopic (exact) mass is 1690 g/mol. The normalized spacial score (nSPS) is 34.8. The highest BCUT2D eigenvalue weighted by molar-refractivity contribution is 7.99. The summed E-state index contributed by atoms with van der Waals surface area (Å²) in [5, 5.41) is 148. The van der Waals surface area contributed by atoms with E-state index in [2.05, 4.69) is 44.9 Å². The van der Waals surface area contributed by atoms with E-state index in [0.717, 1.165) is 20.8 Å². The highest BCUT2D eigenvalue weighted by Gasteiger charge is 2.57. The molecular formula is C62H103N11O39S2. The summed E-state index contributed by atoms with van der Waals surface area (Å²) in [4.78, 5) is 174. The third-order valence-corrected chi connectivity index (χ3v) is 19.7. The maximum atomic E-state index is 14.3. The van der Waals surface area contributed by atoms with Crippen molar-refractivity contribution in [2.24, 2.45) is 11.8 Å². The molecule has 6 fully saturated rings. The third-order valence-electron chi connectivity index (χ3n) is 18.0. The van der Waals surface area contributed by atoms with E-state index in [1.54, 1.807) is 6.92 Å². The summed E-state index contributed by atoms with van der Waals surface area (Å²) in [5.41, 5.74) is 16.3. The fourth-order valence-corrected chi connectivity index (χ4v) is 13.3. The first-order chi connectivity index (χ1) is 53.8. The lowest BCUT2D eigenvalue weighted by atomic mass is 9.94. The summed E-state index contributed by atoms with van der Waals surface area (Å²) in [7, 11) is 1.17. The Morgan fingerprint density at radius 3 is 1.23 bits per heavy atom. The second-order valence-electron chi connectivity index (χ2n) is 27.4. The van der Waals surface area contributed by atoms with Crippen molar-refractivity contribution in [2.75, 3.05) is 44.2 Å². The molecule has 114 heavy (non-hydrogen) atoms. The zero-order chi connectivity index (χ0) is 84.7. The molecule has 16 unspecified atom stereocenters. The number of nitrogens with one attached hydrogen (secondary N) is 11. The van der Waals surface area contributed by atoms with Crippen LogP contribution in [0.25, 0.3) is 0 Å². The summed E-state index contributed by atoms with van der Waals surface area (Å²) in [5.74, 6) is -12.7. The highest BCUT2D eigenvalue weighted by Crippen LogP contribution is 2.36. The van der Waals surface area contributed by atoms with Gasteiger partial charge in [-0.15, -0.1) is 0 Å². The van der Waals surface area contributed by atoms with E-state index in [4.69, 9.17) is 72.0 Å². The molecule has 24 N–H and O–H groups in total. The smallest absolute Gasteiger partial charge is 0.335 e. The number of hydrogen-bond acceptors (Lipinski definition) is 41. The van der Waals surface area contributed by atoms with Crippen LogP contribution in [-0.2, 0) is 125 Å². The number of carboxylic acids is 1. The molecule has 0 aliphatic carbocycles. The lowest BCUT2D eigenvalue weighted by Gasteiger charge is -2.47. The van der Waals surface area contributed by atoms with Crippen molar-refractivity contribution in [3.05, 3.63) is 0 Å². The summed E-state index contributed by atoms with van der Waals surface area (Å²) < 4.78 is 52.7. The van der Waals surface area contributed by atoms with E-state index >= 15 is 0 Å². The van der Waals surface area contributed by atoms with Gasteiger partial charge in [0.15, 0.2) is 37.2 Å². The first kappa shape index (κ1) is 96.6.